The smallest absolute Gasteiger partial charge is 0.158 e. The number of hydrogen-bond acceptors (Lipinski definition) is 3. The van der Waals surface area contributed by atoms with E-state index in [4.69, 9.17) is 0 Å². The van der Waals surface area contributed by atoms with Crippen LogP contribution < -0.4 is 5.32 Å². The lowest BCUT2D eigenvalue weighted by Gasteiger charge is -2.20. The van der Waals surface area contributed by atoms with Gasteiger partial charge in [0.15, 0.2) is 9.84 Å². The number of hydrogen-bond donors (Lipinski definition) is 1. The molecule has 58 valence electrons. The Morgan fingerprint density at radius 1 is 1.10 bits per heavy atom. The quantitative estimate of drug-likeness (QED) is 0.522. The van der Waals surface area contributed by atoms with E-state index in [2.05, 4.69) is 5.32 Å². The molecule has 2 bridgehead atoms. The van der Waals surface area contributed by atoms with Crippen LogP contribution >= 0.6 is 0 Å². The van der Waals surface area contributed by atoms with Crippen molar-refractivity contribution in [1.82, 2.24) is 5.32 Å². The van der Waals surface area contributed by atoms with Crippen molar-refractivity contribution in [2.45, 2.75) is 23.3 Å². The van der Waals surface area contributed by atoms with Gasteiger partial charge in [-0.2, -0.15) is 0 Å². The number of rotatable bonds is 0. The van der Waals surface area contributed by atoms with Crippen molar-refractivity contribution in [2.24, 2.45) is 0 Å². The van der Waals surface area contributed by atoms with Crippen LogP contribution in [0.1, 0.15) is 12.8 Å². The van der Waals surface area contributed by atoms with Gasteiger partial charge in [-0.15, -0.1) is 0 Å². The molecule has 2 fully saturated rings. The first-order valence-electron chi connectivity index (χ1n) is 3.64. The molecule has 0 radical (unpaired) electrons. The zero-order valence-corrected chi connectivity index (χ0v) is 6.52. The third-order valence-electron chi connectivity index (χ3n) is 2.48. The van der Waals surface area contributed by atoms with E-state index in [-0.39, 0.29) is 10.5 Å². The highest BCUT2D eigenvalue weighted by Gasteiger charge is 2.43. The van der Waals surface area contributed by atoms with Crippen LogP contribution in [0.15, 0.2) is 0 Å². The van der Waals surface area contributed by atoms with Crippen LogP contribution in [0.2, 0.25) is 0 Å². The molecule has 0 aromatic rings. The second kappa shape index (κ2) is 1.95. The van der Waals surface area contributed by atoms with E-state index in [1.54, 1.807) is 0 Å². The van der Waals surface area contributed by atoms with Gasteiger partial charge in [-0.25, -0.2) is 8.42 Å². The minimum Gasteiger partial charge on any atom is -0.314 e. The summed E-state index contributed by atoms with van der Waals surface area (Å²) in [5.74, 6) is 0. The van der Waals surface area contributed by atoms with E-state index >= 15 is 0 Å². The van der Waals surface area contributed by atoms with Gasteiger partial charge in [0.1, 0.15) is 0 Å². The van der Waals surface area contributed by atoms with E-state index in [1.165, 1.54) is 0 Å². The second-order valence-corrected chi connectivity index (χ2v) is 5.58. The van der Waals surface area contributed by atoms with E-state index in [9.17, 15) is 8.42 Å². The lowest BCUT2D eigenvalue weighted by atomic mass is 10.2. The van der Waals surface area contributed by atoms with Gasteiger partial charge in [0.2, 0.25) is 0 Å². The molecule has 2 aliphatic rings. The molecule has 2 unspecified atom stereocenters. The summed E-state index contributed by atoms with van der Waals surface area (Å²) in [4.78, 5) is 0. The largest absolute Gasteiger partial charge is 0.314 e. The van der Waals surface area contributed by atoms with Crippen LogP contribution in [-0.4, -0.2) is 32.0 Å². The maximum absolute atomic E-state index is 11.3. The lowest BCUT2D eigenvalue weighted by molar-refractivity contribution is 0.550. The summed E-state index contributed by atoms with van der Waals surface area (Å²) in [5, 5.41) is 3.00. The van der Waals surface area contributed by atoms with Crippen molar-refractivity contribution < 1.29 is 8.42 Å². The van der Waals surface area contributed by atoms with Crippen molar-refractivity contribution in [3.63, 3.8) is 0 Å². The summed E-state index contributed by atoms with van der Waals surface area (Å²) in [6.07, 6.45) is 1.75. The van der Waals surface area contributed by atoms with Crippen molar-refractivity contribution in [3.8, 4) is 0 Å². The Hall–Kier alpha value is -0.0900. The minimum absolute atomic E-state index is 0.0637. The predicted octanol–water partition coefficient (Wildman–Crippen LogP) is -0.465. The fourth-order valence-electron chi connectivity index (χ4n) is 1.81. The Morgan fingerprint density at radius 2 is 1.60 bits per heavy atom. The van der Waals surface area contributed by atoms with E-state index in [1.807, 2.05) is 0 Å². The van der Waals surface area contributed by atoms with Gasteiger partial charge in [0.05, 0.1) is 10.5 Å². The van der Waals surface area contributed by atoms with Crippen molar-refractivity contribution in [1.29, 1.82) is 0 Å². The fraction of sp³-hybridized carbons (Fsp3) is 1.00. The van der Waals surface area contributed by atoms with Crippen LogP contribution in [0.4, 0.5) is 0 Å². The van der Waals surface area contributed by atoms with Crippen LogP contribution in [0, 0.1) is 0 Å². The Kier molecular flexibility index (Phi) is 1.29. The van der Waals surface area contributed by atoms with Crippen LogP contribution in [0.5, 0.6) is 0 Å². The monoisotopic (exact) mass is 161 g/mol. The number of sulfone groups is 1. The highest BCUT2D eigenvalue weighted by molar-refractivity contribution is 7.93. The molecule has 2 atom stereocenters. The molecular formula is C6H11NO2S. The zero-order chi connectivity index (χ0) is 7.19. The summed E-state index contributed by atoms with van der Waals surface area (Å²) in [6, 6.07) is 0. The molecule has 0 saturated carbocycles. The molecule has 2 saturated heterocycles. The van der Waals surface area contributed by atoms with Crippen molar-refractivity contribution in [2.75, 3.05) is 13.1 Å². The van der Waals surface area contributed by atoms with E-state index in [0.717, 1.165) is 12.8 Å². The van der Waals surface area contributed by atoms with Gasteiger partial charge < -0.3 is 5.32 Å². The van der Waals surface area contributed by atoms with Crippen LogP contribution in [0.3, 0.4) is 0 Å². The standard InChI is InChI=1S/C6H11NO2S/c8-10(9)5-1-2-6(10)4-7-3-5/h5-7H,1-4H2. The van der Waals surface area contributed by atoms with Crippen LogP contribution in [0.25, 0.3) is 0 Å². The van der Waals surface area contributed by atoms with Gasteiger partial charge in [0.25, 0.3) is 0 Å². The Bertz CT molecular complexity index is 212. The van der Waals surface area contributed by atoms with Gasteiger partial charge in [-0.05, 0) is 12.8 Å². The lowest BCUT2D eigenvalue weighted by Crippen LogP contribution is -2.44. The molecule has 2 rings (SSSR count). The Labute approximate surface area is 60.7 Å². The molecule has 2 heterocycles. The van der Waals surface area contributed by atoms with Gasteiger partial charge >= 0.3 is 0 Å². The zero-order valence-electron chi connectivity index (χ0n) is 5.71. The maximum atomic E-state index is 11.3. The SMILES string of the molecule is O=S1(=O)C2CCC1CNC2. The van der Waals surface area contributed by atoms with Gasteiger partial charge in [0, 0.05) is 13.1 Å². The average molecular weight is 161 g/mol. The first-order valence-corrected chi connectivity index (χ1v) is 5.25. The third kappa shape index (κ3) is 0.720. The number of fused-ring (bicyclic) bond motifs is 2. The van der Waals surface area contributed by atoms with Crippen molar-refractivity contribution in [3.05, 3.63) is 0 Å². The maximum Gasteiger partial charge on any atom is 0.158 e. The Morgan fingerprint density at radius 3 is 2.00 bits per heavy atom. The van der Waals surface area contributed by atoms with Crippen LogP contribution in [-0.2, 0) is 9.84 Å². The molecule has 0 aromatic carbocycles. The van der Waals surface area contributed by atoms with Gasteiger partial charge in [-0.1, -0.05) is 0 Å². The molecule has 0 aliphatic carbocycles. The molecule has 1 N–H and O–H groups in total. The molecule has 10 heavy (non-hydrogen) atoms. The highest BCUT2D eigenvalue weighted by Crippen LogP contribution is 2.28. The van der Waals surface area contributed by atoms with Crippen molar-refractivity contribution >= 4 is 9.84 Å². The molecule has 3 nitrogen and oxygen atoms in total. The summed E-state index contributed by atoms with van der Waals surface area (Å²) in [5.41, 5.74) is 0. The Balaban J connectivity index is 2.39. The summed E-state index contributed by atoms with van der Waals surface area (Å²) in [6.45, 7) is 1.36. The third-order valence-corrected chi connectivity index (χ3v) is 5.15. The topological polar surface area (TPSA) is 46.2 Å². The minimum atomic E-state index is -2.69. The van der Waals surface area contributed by atoms with E-state index in [0.29, 0.717) is 13.1 Å². The summed E-state index contributed by atoms with van der Waals surface area (Å²) < 4.78 is 22.7. The normalized spacial score (nSPS) is 43.6. The molecule has 0 spiro atoms. The molecular weight excluding hydrogens is 150 g/mol. The summed E-state index contributed by atoms with van der Waals surface area (Å²) >= 11 is 0. The molecule has 2 aliphatic heterocycles. The first kappa shape index (κ1) is 6.61. The molecule has 4 heteroatoms. The summed E-state index contributed by atoms with van der Waals surface area (Å²) in [7, 11) is -2.69. The fourth-order valence-corrected chi connectivity index (χ4v) is 3.99. The predicted molar refractivity (Wildman–Crippen MR) is 38.6 cm³/mol. The molecule has 0 amide bonds. The first-order chi connectivity index (χ1) is 4.71. The molecule has 0 aromatic heterocycles. The van der Waals surface area contributed by atoms with Gasteiger partial charge in [-0.3, -0.25) is 0 Å². The average Bonchev–Trinajstić information content (AvgIpc) is 2.17. The van der Waals surface area contributed by atoms with E-state index < -0.39 is 9.84 Å². The second-order valence-electron chi connectivity index (χ2n) is 3.07. The number of nitrogens with one attached hydrogen (secondary N) is 1. The highest BCUT2D eigenvalue weighted by atomic mass is 32.2.